The molecule has 4 heteroatoms. The fourth-order valence-electron chi connectivity index (χ4n) is 4.36. The summed E-state index contributed by atoms with van der Waals surface area (Å²) in [7, 11) is 0. The van der Waals surface area contributed by atoms with Crippen molar-refractivity contribution in [3.05, 3.63) is 24.2 Å². The van der Waals surface area contributed by atoms with Gasteiger partial charge in [0, 0.05) is 32.5 Å². The normalized spacial score (nSPS) is 23.3. The van der Waals surface area contributed by atoms with E-state index in [2.05, 4.69) is 23.6 Å². The minimum absolute atomic E-state index is 0.297. The van der Waals surface area contributed by atoms with Gasteiger partial charge in [0.25, 0.3) is 0 Å². The van der Waals surface area contributed by atoms with E-state index >= 15 is 0 Å². The molecule has 0 radical (unpaired) electrons. The molecule has 4 nitrogen and oxygen atoms in total. The van der Waals surface area contributed by atoms with E-state index in [1.54, 1.807) is 6.26 Å². The third-order valence-corrected chi connectivity index (χ3v) is 5.67. The summed E-state index contributed by atoms with van der Waals surface area (Å²) in [5.74, 6) is 3.51. The molecule has 3 rings (SSSR count). The van der Waals surface area contributed by atoms with Crippen LogP contribution in [0.25, 0.3) is 0 Å². The predicted molar refractivity (Wildman–Crippen MR) is 95.7 cm³/mol. The number of piperidine rings is 1. The first-order valence-corrected chi connectivity index (χ1v) is 9.64. The topological polar surface area (TPSA) is 36.7 Å². The average molecular weight is 332 g/mol. The Bertz CT molecular complexity index is 504. The van der Waals surface area contributed by atoms with E-state index in [0.29, 0.717) is 12.3 Å². The molecular weight excluding hydrogens is 300 g/mol. The molecule has 0 saturated carbocycles. The third-order valence-electron chi connectivity index (χ3n) is 5.67. The lowest BCUT2D eigenvalue weighted by Gasteiger charge is -2.35. The Morgan fingerprint density at radius 1 is 1.21 bits per heavy atom. The minimum Gasteiger partial charge on any atom is -0.469 e. The number of furan rings is 1. The highest BCUT2D eigenvalue weighted by atomic mass is 16.3. The van der Waals surface area contributed by atoms with Crippen molar-refractivity contribution in [2.24, 2.45) is 17.8 Å². The minimum atomic E-state index is 0.297. The van der Waals surface area contributed by atoms with Gasteiger partial charge in [-0.1, -0.05) is 13.8 Å². The highest BCUT2D eigenvalue weighted by Gasteiger charge is 2.33. The fourth-order valence-corrected chi connectivity index (χ4v) is 4.36. The lowest BCUT2D eigenvalue weighted by atomic mass is 9.83. The number of nitrogens with zero attached hydrogens (tertiary/aromatic N) is 2. The Morgan fingerprint density at radius 2 is 1.96 bits per heavy atom. The average Bonchev–Trinajstić information content (AvgIpc) is 3.24. The number of likely N-dealkylation sites (tertiary alicyclic amines) is 2. The van der Waals surface area contributed by atoms with Crippen LogP contribution in [0.2, 0.25) is 0 Å². The van der Waals surface area contributed by atoms with Gasteiger partial charge in [-0.3, -0.25) is 4.79 Å². The number of hydrogen-bond donors (Lipinski definition) is 0. The molecule has 1 atom stereocenters. The first-order chi connectivity index (χ1) is 11.6. The number of aryl methyl sites for hydroxylation is 1. The van der Waals surface area contributed by atoms with Gasteiger partial charge in [-0.15, -0.1) is 0 Å². The van der Waals surface area contributed by atoms with E-state index in [-0.39, 0.29) is 0 Å². The molecule has 24 heavy (non-hydrogen) atoms. The first kappa shape index (κ1) is 17.5. The van der Waals surface area contributed by atoms with Crippen molar-refractivity contribution >= 4 is 5.91 Å². The first-order valence-electron chi connectivity index (χ1n) is 9.64. The van der Waals surface area contributed by atoms with E-state index in [1.165, 1.54) is 38.9 Å². The SMILES string of the molecule is CC(C)CN1CCC([C@H]2CCN(C(=O)CCc3ccco3)C2)CC1. The van der Waals surface area contributed by atoms with Gasteiger partial charge in [0.2, 0.25) is 5.91 Å². The summed E-state index contributed by atoms with van der Waals surface area (Å²) in [5.41, 5.74) is 0. The van der Waals surface area contributed by atoms with Crippen LogP contribution in [0.5, 0.6) is 0 Å². The highest BCUT2D eigenvalue weighted by Crippen LogP contribution is 2.32. The van der Waals surface area contributed by atoms with Crippen molar-refractivity contribution in [3.63, 3.8) is 0 Å². The second-order valence-electron chi connectivity index (χ2n) is 8.00. The lowest BCUT2D eigenvalue weighted by molar-refractivity contribution is -0.130. The summed E-state index contributed by atoms with van der Waals surface area (Å²) in [6.45, 7) is 10.2. The summed E-state index contributed by atoms with van der Waals surface area (Å²) >= 11 is 0. The molecule has 0 aromatic carbocycles. The Balaban J connectivity index is 1.40. The van der Waals surface area contributed by atoms with E-state index in [4.69, 9.17) is 4.42 Å². The molecule has 1 aromatic rings. The van der Waals surface area contributed by atoms with Crippen molar-refractivity contribution in [1.29, 1.82) is 0 Å². The van der Waals surface area contributed by atoms with Gasteiger partial charge >= 0.3 is 0 Å². The zero-order chi connectivity index (χ0) is 16.9. The summed E-state index contributed by atoms with van der Waals surface area (Å²) < 4.78 is 5.32. The van der Waals surface area contributed by atoms with Gasteiger partial charge in [0.15, 0.2) is 0 Å². The second kappa shape index (κ2) is 8.19. The zero-order valence-electron chi connectivity index (χ0n) is 15.2. The van der Waals surface area contributed by atoms with Gasteiger partial charge in [0.05, 0.1) is 6.26 Å². The van der Waals surface area contributed by atoms with Crippen molar-refractivity contribution in [2.45, 2.75) is 46.0 Å². The van der Waals surface area contributed by atoms with Crippen LogP contribution in [0.4, 0.5) is 0 Å². The van der Waals surface area contributed by atoms with Crippen LogP contribution in [0.1, 0.15) is 45.3 Å². The summed E-state index contributed by atoms with van der Waals surface area (Å²) in [5, 5.41) is 0. The molecule has 1 aromatic heterocycles. The number of carbonyl (C=O) groups excluding carboxylic acids is 1. The molecule has 2 fully saturated rings. The highest BCUT2D eigenvalue weighted by molar-refractivity contribution is 5.76. The molecule has 2 aliphatic heterocycles. The van der Waals surface area contributed by atoms with Gasteiger partial charge in [0.1, 0.15) is 5.76 Å². The largest absolute Gasteiger partial charge is 0.469 e. The van der Waals surface area contributed by atoms with E-state index in [1.807, 2.05) is 12.1 Å². The fraction of sp³-hybridized carbons (Fsp3) is 0.750. The van der Waals surface area contributed by atoms with Crippen molar-refractivity contribution in [1.82, 2.24) is 9.80 Å². The quantitative estimate of drug-likeness (QED) is 0.801. The number of rotatable bonds is 6. The van der Waals surface area contributed by atoms with Crippen LogP contribution in [0.15, 0.2) is 22.8 Å². The molecule has 2 aliphatic rings. The van der Waals surface area contributed by atoms with Gasteiger partial charge in [-0.25, -0.2) is 0 Å². The Labute approximate surface area is 146 Å². The van der Waals surface area contributed by atoms with Crippen molar-refractivity contribution < 1.29 is 9.21 Å². The molecule has 134 valence electrons. The monoisotopic (exact) mass is 332 g/mol. The number of amides is 1. The maximum absolute atomic E-state index is 12.4. The molecule has 0 N–H and O–H groups in total. The lowest BCUT2D eigenvalue weighted by Crippen LogP contribution is -2.39. The van der Waals surface area contributed by atoms with E-state index in [9.17, 15) is 4.79 Å². The molecule has 0 bridgehead atoms. The maximum Gasteiger partial charge on any atom is 0.223 e. The van der Waals surface area contributed by atoms with Gasteiger partial charge in [-0.2, -0.15) is 0 Å². The van der Waals surface area contributed by atoms with Crippen LogP contribution in [-0.2, 0) is 11.2 Å². The molecule has 3 heterocycles. The van der Waals surface area contributed by atoms with Crippen LogP contribution in [0.3, 0.4) is 0 Å². The molecule has 0 unspecified atom stereocenters. The van der Waals surface area contributed by atoms with Crippen molar-refractivity contribution in [3.8, 4) is 0 Å². The standard InChI is InChI=1S/C20H32N2O2/c1-16(2)14-21-10-7-17(8-11-21)18-9-12-22(15-18)20(23)6-5-19-4-3-13-24-19/h3-4,13,16-18H,5-12,14-15H2,1-2H3/t18-/m0/s1. The van der Waals surface area contributed by atoms with Gasteiger partial charge in [-0.05, 0) is 62.2 Å². The Morgan fingerprint density at radius 3 is 2.62 bits per heavy atom. The summed E-state index contributed by atoms with van der Waals surface area (Å²) in [6, 6.07) is 3.84. The number of carbonyl (C=O) groups is 1. The Hall–Kier alpha value is -1.29. The predicted octanol–water partition coefficient (Wildman–Crippen LogP) is 3.43. The van der Waals surface area contributed by atoms with Crippen molar-refractivity contribution in [2.75, 3.05) is 32.7 Å². The summed E-state index contributed by atoms with van der Waals surface area (Å²) in [6.07, 6.45) is 6.80. The molecule has 0 spiro atoms. The van der Waals surface area contributed by atoms with Crippen LogP contribution < -0.4 is 0 Å². The number of hydrogen-bond acceptors (Lipinski definition) is 3. The Kier molecular flexibility index (Phi) is 5.99. The smallest absolute Gasteiger partial charge is 0.223 e. The maximum atomic E-state index is 12.4. The van der Waals surface area contributed by atoms with Crippen LogP contribution in [0, 0.1) is 17.8 Å². The molecule has 0 aliphatic carbocycles. The van der Waals surface area contributed by atoms with Crippen LogP contribution >= 0.6 is 0 Å². The second-order valence-corrected chi connectivity index (χ2v) is 8.00. The van der Waals surface area contributed by atoms with Gasteiger partial charge < -0.3 is 14.2 Å². The molecule has 2 saturated heterocycles. The van der Waals surface area contributed by atoms with Crippen LogP contribution in [-0.4, -0.2) is 48.4 Å². The van der Waals surface area contributed by atoms with E-state index in [0.717, 1.165) is 43.0 Å². The molecule has 1 amide bonds. The molecular formula is C20H32N2O2. The third kappa shape index (κ3) is 4.62. The van der Waals surface area contributed by atoms with E-state index < -0.39 is 0 Å². The zero-order valence-corrected chi connectivity index (χ0v) is 15.2. The summed E-state index contributed by atoms with van der Waals surface area (Å²) in [4.78, 5) is 17.1.